The Morgan fingerprint density at radius 2 is 2.11 bits per heavy atom. The lowest BCUT2D eigenvalue weighted by atomic mass is 9.87. The monoisotopic (exact) mass is 250 g/mol. The number of rotatable bonds is 3. The molecule has 0 radical (unpaired) electrons. The summed E-state index contributed by atoms with van der Waals surface area (Å²) >= 11 is 0. The molecule has 5 nitrogen and oxygen atoms in total. The number of nitrogens with two attached hydrogens (primary N) is 1. The molecule has 1 unspecified atom stereocenters. The maximum Gasteiger partial charge on any atom is 0.257 e. The van der Waals surface area contributed by atoms with Crippen LogP contribution in [0.5, 0.6) is 0 Å². The summed E-state index contributed by atoms with van der Waals surface area (Å²) in [6.07, 6.45) is 1.60. The van der Waals surface area contributed by atoms with Crippen LogP contribution >= 0.6 is 0 Å². The molecule has 0 spiro atoms. The van der Waals surface area contributed by atoms with Crippen molar-refractivity contribution in [3.63, 3.8) is 0 Å². The van der Waals surface area contributed by atoms with E-state index in [1.807, 2.05) is 6.92 Å². The second kappa shape index (κ2) is 5.35. The van der Waals surface area contributed by atoms with Crippen molar-refractivity contribution in [2.24, 2.45) is 11.3 Å². The van der Waals surface area contributed by atoms with Crippen LogP contribution in [0.15, 0.2) is 18.3 Å². The Morgan fingerprint density at radius 3 is 2.61 bits per heavy atom. The number of amides is 1. The standard InChI is InChI=1S/C13H22N4O/c1-9(13(2,3)4)17(5)12(18)10-7-6-8-15-11(10)16-14/h6-9H,14H2,1-5H3,(H,15,16). The average Bonchev–Trinajstić information content (AvgIpc) is 2.34. The number of nitrogens with one attached hydrogen (secondary N) is 1. The molecule has 1 amide bonds. The van der Waals surface area contributed by atoms with Gasteiger partial charge in [0.15, 0.2) is 5.82 Å². The van der Waals surface area contributed by atoms with Gasteiger partial charge in [-0.1, -0.05) is 20.8 Å². The van der Waals surface area contributed by atoms with Gasteiger partial charge >= 0.3 is 0 Å². The summed E-state index contributed by atoms with van der Waals surface area (Å²) in [6, 6.07) is 3.55. The number of hydrogen-bond acceptors (Lipinski definition) is 4. The van der Waals surface area contributed by atoms with Gasteiger partial charge in [0.05, 0.1) is 5.56 Å². The minimum Gasteiger partial charge on any atom is -0.338 e. The minimum absolute atomic E-state index is 0.0168. The van der Waals surface area contributed by atoms with Crippen molar-refractivity contribution < 1.29 is 4.79 Å². The number of carbonyl (C=O) groups excluding carboxylic acids is 1. The lowest BCUT2D eigenvalue weighted by Gasteiger charge is -2.35. The summed E-state index contributed by atoms with van der Waals surface area (Å²) in [5.74, 6) is 5.68. The molecular formula is C13H22N4O. The van der Waals surface area contributed by atoms with Gasteiger partial charge < -0.3 is 10.3 Å². The first kappa shape index (κ1) is 14.4. The zero-order valence-corrected chi connectivity index (χ0v) is 11.7. The van der Waals surface area contributed by atoms with Crippen molar-refractivity contribution >= 4 is 11.7 Å². The highest BCUT2D eigenvalue weighted by Gasteiger charge is 2.28. The zero-order valence-electron chi connectivity index (χ0n) is 11.7. The molecule has 1 aromatic heterocycles. The maximum atomic E-state index is 12.4. The Hall–Kier alpha value is -1.62. The molecule has 0 saturated heterocycles. The third-order valence-electron chi connectivity index (χ3n) is 3.33. The van der Waals surface area contributed by atoms with E-state index in [-0.39, 0.29) is 17.4 Å². The van der Waals surface area contributed by atoms with E-state index in [1.54, 1.807) is 30.3 Å². The van der Waals surface area contributed by atoms with Crippen LogP contribution in [-0.4, -0.2) is 28.9 Å². The van der Waals surface area contributed by atoms with Gasteiger partial charge in [-0.15, -0.1) is 0 Å². The Labute approximate surface area is 108 Å². The molecule has 1 aromatic rings. The molecule has 0 aliphatic rings. The third-order valence-corrected chi connectivity index (χ3v) is 3.33. The molecule has 0 bridgehead atoms. The summed E-state index contributed by atoms with van der Waals surface area (Å²) in [5, 5.41) is 0. The van der Waals surface area contributed by atoms with Gasteiger partial charge in [-0.3, -0.25) is 4.79 Å². The van der Waals surface area contributed by atoms with E-state index in [1.165, 1.54) is 0 Å². The van der Waals surface area contributed by atoms with E-state index < -0.39 is 0 Å². The van der Waals surface area contributed by atoms with E-state index in [0.29, 0.717) is 11.4 Å². The summed E-state index contributed by atoms with van der Waals surface area (Å²) in [5.41, 5.74) is 2.95. The number of anilines is 1. The fourth-order valence-electron chi connectivity index (χ4n) is 1.64. The second-order valence-electron chi connectivity index (χ2n) is 5.50. The number of nitrogen functional groups attached to an aromatic ring is 1. The fraction of sp³-hybridized carbons (Fsp3) is 0.538. The van der Waals surface area contributed by atoms with Crippen molar-refractivity contribution in [1.82, 2.24) is 9.88 Å². The minimum atomic E-state index is -0.0847. The number of pyridine rings is 1. The number of nitrogens with zero attached hydrogens (tertiary/aromatic N) is 2. The molecule has 0 fully saturated rings. The van der Waals surface area contributed by atoms with Crippen molar-refractivity contribution in [3.8, 4) is 0 Å². The normalized spacial score (nSPS) is 13.0. The molecule has 0 aromatic carbocycles. The highest BCUT2D eigenvalue weighted by molar-refractivity contribution is 5.98. The molecule has 0 aliphatic carbocycles. The molecule has 100 valence electrons. The molecule has 1 heterocycles. The average molecular weight is 250 g/mol. The van der Waals surface area contributed by atoms with Crippen LogP contribution in [-0.2, 0) is 0 Å². The Kier molecular flexibility index (Phi) is 4.29. The van der Waals surface area contributed by atoms with Crippen molar-refractivity contribution in [1.29, 1.82) is 0 Å². The van der Waals surface area contributed by atoms with Gasteiger partial charge in [0, 0.05) is 19.3 Å². The van der Waals surface area contributed by atoms with Gasteiger partial charge in [0.1, 0.15) is 0 Å². The highest BCUT2D eigenvalue weighted by atomic mass is 16.2. The quantitative estimate of drug-likeness (QED) is 0.634. The van der Waals surface area contributed by atoms with Gasteiger partial charge in [-0.25, -0.2) is 10.8 Å². The van der Waals surface area contributed by atoms with Crippen LogP contribution in [0, 0.1) is 5.41 Å². The van der Waals surface area contributed by atoms with Gasteiger partial charge in [-0.05, 0) is 24.5 Å². The third kappa shape index (κ3) is 2.98. The predicted octanol–water partition coefficient (Wildman–Crippen LogP) is 1.87. The van der Waals surface area contributed by atoms with Crippen LogP contribution in [0.3, 0.4) is 0 Å². The lowest BCUT2D eigenvalue weighted by molar-refractivity contribution is 0.0630. The summed E-state index contributed by atoms with van der Waals surface area (Å²) < 4.78 is 0. The molecule has 1 rings (SSSR count). The smallest absolute Gasteiger partial charge is 0.257 e. The van der Waals surface area contributed by atoms with E-state index >= 15 is 0 Å². The van der Waals surface area contributed by atoms with Gasteiger partial charge in [-0.2, -0.15) is 0 Å². The molecule has 3 N–H and O–H groups in total. The molecule has 0 aliphatic heterocycles. The maximum absolute atomic E-state index is 12.4. The zero-order chi connectivity index (χ0) is 13.9. The Bertz CT molecular complexity index is 425. The van der Waals surface area contributed by atoms with Gasteiger partial charge in [0.25, 0.3) is 5.91 Å². The first-order valence-electron chi connectivity index (χ1n) is 5.97. The van der Waals surface area contributed by atoms with Crippen LogP contribution < -0.4 is 11.3 Å². The van der Waals surface area contributed by atoms with Gasteiger partial charge in [0.2, 0.25) is 0 Å². The molecule has 5 heteroatoms. The van der Waals surface area contributed by atoms with Crippen LogP contribution in [0.1, 0.15) is 38.1 Å². The largest absolute Gasteiger partial charge is 0.338 e. The molecule has 0 saturated carbocycles. The predicted molar refractivity (Wildman–Crippen MR) is 73.1 cm³/mol. The fourth-order valence-corrected chi connectivity index (χ4v) is 1.64. The van der Waals surface area contributed by atoms with E-state index in [2.05, 4.69) is 31.2 Å². The topological polar surface area (TPSA) is 71.2 Å². The van der Waals surface area contributed by atoms with Crippen LogP contribution in [0.4, 0.5) is 5.82 Å². The SMILES string of the molecule is CC(N(C)C(=O)c1cccnc1NN)C(C)(C)C. The molecule has 1 atom stereocenters. The van der Waals surface area contributed by atoms with Crippen molar-refractivity contribution in [2.75, 3.05) is 12.5 Å². The van der Waals surface area contributed by atoms with E-state index in [4.69, 9.17) is 5.84 Å². The number of hydrazine groups is 1. The number of carbonyl (C=O) groups is 1. The van der Waals surface area contributed by atoms with E-state index in [0.717, 1.165) is 0 Å². The summed E-state index contributed by atoms with van der Waals surface area (Å²) in [7, 11) is 1.80. The van der Waals surface area contributed by atoms with Crippen molar-refractivity contribution in [2.45, 2.75) is 33.7 Å². The van der Waals surface area contributed by atoms with Crippen LogP contribution in [0.2, 0.25) is 0 Å². The number of aromatic nitrogens is 1. The summed E-state index contributed by atoms with van der Waals surface area (Å²) in [4.78, 5) is 18.2. The van der Waals surface area contributed by atoms with Crippen LogP contribution in [0.25, 0.3) is 0 Å². The molecular weight excluding hydrogens is 228 g/mol. The van der Waals surface area contributed by atoms with E-state index in [9.17, 15) is 4.79 Å². The first-order valence-corrected chi connectivity index (χ1v) is 5.97. The first-order chi connectivity index (χ1) is 8.29. The lowest BCUT2D eigenvalue weighted by Crippen LogP contribution is -2.43. The highest BCUT2D eigenvalue weighted by Crippen LogP contribution is 2.25. The molecule has 18 heavy (non-hydrogen) atoms. The number of hydrogen-bond donors (Lipinski definition) is 2. The Morgan fingerprint density at radius 1 is 1.50 bits per heavy atom. The Balaban J connectivity index is 3.00. The second-order valence-corrected chi connectivity index (χ2v) is 5.50. The van der Waals surface area contributed by atoms with Crippen molar-refractivity contribution in [3.05, 3.63) is 23.9 Å². The summed E-state index contributed by atoms with van der Waals surface area (Å²) in [6.45, 7) is 8.34.